The van der Waals surface area contributed by atoms with Gasteiger partial charge < -0.3 is 0 Å². The molecule has 3 nitrogen and oxygen atoms in total. The van der Waals surface area contributed by atoms with E-state index in [0.29, 0.717) is 0 Å². The van der Waals surface area contributed by atoms with Gasteiger partial charge in [0.25, 0.3) is 0 Å². The maximum absolute atomic E-state index is 4.33. The molecule has 2 rings (SSSR count). The SMILES string of the molecule is Cc1cccnc1-c1cncnc1C. The summed E-state index contributed by atoms with van der Waals surface area (Å²) in [6.07, 6.45) is 5.14. The van der Waals surface area contributed by atoms with Crippen LogP contribution in [0.3, 0.4) is 0 Å². The first-order valence-corrected chi connectivity index (χ1v) is 4.47. The quantitative estimate of drug-likeness (QED) is 0.683. The van der Waals surface area contributed by atoms with E-state index in [-0.39, 0.29) is 0 Å². The molecule has 2 aromatic rings. The highest BCUT2D eigenvalue weighted by Gasteiger charge is 2.05. The number of aromatic nitrogens is 3. The van der Waals surface area contributed by atoms with Gasteiger partial charge in [0.1, 0.15) is 6.33 Å². The lowest BCUT2D eigenvalue weighted by Crippen LogP contribution is -1.93. The van der Waals surface area contributed by atoms with Gasteiger partial charge in [-0.15, -0.1) is 0 Å². The van der Waals surface area contributed by atoms with Gasteiger partial charge in [-0.2, -0.15) is 0 Å². The Hall–Kier alpha value is -1.77. The summed E-state index contributed by atoms with van der Waals surface area (Å²) < 4.78 is 0. The fourth-order valence-corrected chi connectivity index (χ4v) is 1.39. The third kappa shape index (κ3) is 1.48. The average molecular weight is 185 g/mol. The smallest absolute Gasteiger partial charge is 0.115 e. The average Bonchev–Trinajstić information content (AvgIpc) is 2.20. The zero-order valence-electron chi connectivity index (χ0n) is 8.23. The summed E-state index contributed by atoms with van der Waals surface area (Å²) in [6, 6.07) is 3.97. The van der Waals surface area contributed by atoms with E-state index in [1.165, 1.54) is 0 Å². The Morgan fingerprint density at radius 1 is 1.14 bits per heavy atom. The second-order valence-corrected chi connectivity index (χ2v) is 3.19. The van der Waals surface area contributed by atoms with Crippen LogP contribution in [0.5, 0.6) is 0 Å². The first-order chi connectivity index (χ1) is 6.79. The van der Waals surface area contributed by atoms with Crippen LogP contribution >= 0.6 is 0 Å². The van der Waals surface area contributed by atoms with Gasteiger partial charge in [-0.1, -0.05) is 6.07 Å². The van der Waals surface area contributed by atoms with E-state index in [0.717, 1.165) is 22.5 Å². The highest BCUT2D eigenvalue weighted by atomic mass is 14.8. The van der Waals surface area contributed by atoms with E-state index in [2.05, 4.69) is 15.0 Å². The van der Waals surface area contributed by atoms with Crippen molar-refractivity contribution in [3.05, 3.63) is 42.1 Å². The first kappa shape index (κ1) is 8.81. The molecule has 0 aliphatic rings. The molecule has 3 heteroatoms. The van der Waals surface area contributed by atoms with Crippen LogP contribution in [0.15, 0.2) is 30.9 Å². The zero-order valence-corrected chi connectivity index (χ0v) is 8.23. The molecule has 0 fully saturated rings. The van der Waals surface area contributed by atoms with E-state index in [9.17, 15) is 0 Å². The maximum atomic E-state index is 4.33. The second kappa shape index (κ2) is 3.54. The molecule has 2 heterocycles. The normalized spacial score (nSPS) is 10.1. The predicted molar refractivity (Wildman–Crippen MR) is 54.7 cm³/mol. The summed E-state index contributed by atoms with van der Waals surface area (Å²) in [4.78, 5) is 12.5. The fraction of sp³-hybridized carbons (Fsp3) is 0.182. The van der Waals surface area contributed by atoms with Crippen LogP contribution in [-0.2, 0) is 0 Å². The van der Waals surface area contributed by atoms with Crippen molar-refractivity contribution >= 4 is 0 Å². The molecule has 14 heavy (non-hydrogen) atoms. The molecule has 0 radical (unpaired) electrons. The van der Waals surface area contributed by atoms with Crippen molar-refractivity contribution in [1.29, 1.82) is 0 Å². The van der Waals surface area contributed by atoms with Crippen LogP contribution < -0.4 is 0 Å². The number of nitrogens with zero attached hydrogens (tertiary/aromatic N) is 3. The van der Waals surface area contributed by atoms with Crippen LogP contribution in [0.25, 0.3) is 11.3 Å². The molecule has 0 saturated carbocycles. The molecule has 0 N–H and O–H groups in total. The van der Waals surface area contributed by atoms with Crippen LogP contribution in [0.2, 0.25) is 0 Å². The van der Waals surface area contributed by atoms with E-state index < -0.39 is 0 Å². The Morgan fingerprint density at radius 2 is 2.00 bits per heavy atom. The summed E-state index contributed by atoms with van der Waals surface area (Å²) in [5.74, 6) is 0. The highest BCUT2D eigenvalue weighted by molar-refractivity contribution is 5.63. The lowest BCUT2D eigenvalue weighted by atomic mass is 10.1. The molecule has 0 saturated heterocycles. The van der Waals surface area contributed by atoms with Crippen LogP contribution in [0, 0.1) is 13.8 Å². The van der Waals surface area contributed by atoms with Gasteiger partial charge in [0, 0.05) is 18.0 Å². The fourth-order valence-electron chi connectivity index (χ4n) is 1.39. The molecule has 70 valence electrons. The number of hydrogen-bond acceptors (Lipinski definition) is 3. The lowest BCUT2D eigenvalue weighted by Gasteiger charge is -2.05. The van der Waals surface area contributed by atoms with Crippen LogP contribution in [0.4, 0.5) is 0 Å². The topological polar surface area (TPSA) is 38.7 Å². The number of rotatable bonds is 1. The summed E-state index contributed by atoms with van der Waals surface area (Å²) in [6.45, 7) is 4.00. The molecular weight excluding hydrogens is 174 g/mol. The summed E-state index contributed by atoms with van der Waals surface area (Å²) in [7, 11) is 0. The molecular formula is C11H11N3. The van der Waals surface area contributed by atoms with Gasteiger partial charge in [-0.05, 0) is 25.5 Å². The number of aryl methyl sites for hydroxylation is 2. The Bertz CT molecular complexity index is 408. The van der Waals surface area contributed by atoms with Crippen molar-refractivity contribution in [3.63, 3.8) is 0 Å². The van der Waals surface area contributed by atoms with Crippen molar-refractivity contribution in [2.24, 2.45) is 0 Å². The van der Waals surface area contributed by atoms with Gasteiger partial charge in [0.2, 0.25) is 0 Å². The molecule has 0 aliphatic carbocycles. The summed E-state index contributed by atoms with van der Waals surface area (Å²) >= 11 is 0. The van der Waals surface area contributed by atoms with Crippen molar-refractivity contribution in [3.8, 4) is 11.3 Å². The number of pyridine rings is 1. The first-order valence-electron chi connectivity index (χ1n) is 4.47. The Morgan fingerprint density at radius 3 is 2.71 bits per heavy atom. The molecule has 2 aromatic heterocycles. The Labute approximate surface area is 82.9 Å². The molecule has 0 unspecified atom stereocenters. The van der Waals surface area contributed by atoms with Gasteiger partial charge in [0.05, 0.1) is 11.4 Å². The van der Waals surface area contributed by atoms with Gasteiger partial charge in [-0.25, -0.2) is 9.97 Å². The minimum Gasteiger partial charge on any atom is -0.256 e. The van der Waals surface area contributed by atoms with E-state index in [1.54, 1.807) is 18.7 Å². The van der Waals surface area contributed by atoms with Crippen molar-refractivity contribution in [1.82, 2.24) is 15.0 Å². The largest absolute Gasteiger partial charge is 0.256 e. The highest BCUT2D eigenvalue weighted by Crippen LogP contribution is 2.21. The van der Waals surface area contributed by atoms with Crippen LogP contribution in [-0.4, -0.2) is 15.0 Å². The van der Waals surface area contributed by atoms with E-state index in [1.807, 2.05) is 26.0 Å². The second-order valence-electron chi connectivity index (χ2n) is 3.19. The number of hydrogen-bond donors (Lipinski definition) is 0. The predicted octanol–water partition coefficient (Wildman–Crippen LogP) is 2.16. The monoisotopic (exact) mass is 185 g/mol. The summed E-state index contributed by atoms with van der Waals surface area (Å²) in [5, 5.41) is 0. The standard InChI is InChI=1S/C11H11N3/c1-8-4-3-5-13-11(8)10-6-12-7-14-9(10)2/h3-7H,1-2H3. The van der Waals surface area contributed by atoms with Crippen molar-refractivity contribution in [2.45, 2.75) is 13.8 Å². The summed E-state index contributed by atoms with van der Waals surface area (Å²) in [5.41, 5.74) is 4.07. The maximum Gasteiger partial charge on any atom is 0.115 e. The minimum absolute atomic E-state index is 0.960. The Kier molecular flexibility index (Phi) is 2.23. The lowest BCUT2D eigenvalue weighted by molar-refractivity contribution is 1.09. The Balaban J connectivity index is 2.61. The third-order valence-electron chi connectivity index (χ3n) is 2.18. The molecule has 0 aliphatic heterocycles. The third-order valence-corrected chi connectivity index (χ3v) is 2.18. The minimum atomic E-state index is 0.960. The molecule has 0 bridgehead atoms. The van der Waals surface area contributed by atoms with Gasteiger partial charge >= 0.3 is 0 Å². The van der Waals surface area contributed by atoms with Crippen LogP contribution in [0.1, 0.15) is 11.3 Å². The van der Waals surface area contributed by atoms with Gasteiger partial charge in [0.15, 0.2) is 0 Å². The zero-order chi connectivity index (χ0) is 9.97. The van der Waals surface area contributed by atoms with Crippen molar-refractivity contribution in [2.75, 3.05) is 0 Å². The molecule has 0 atom stereocenters. The van der Waals surface area contributed by atoms with Gasteiger partial charge in [-0.3, -0.25) is 4.98 Å². The molecule has 0 amide bonds. The van der Waals surface area contributed by atoms with E-state index in [4.69, 9.17) is 0 Å². The van der Waals surface area contributed by atoms with Crippen molar-refractivity contribution < 1.29 is 0 Å². The molecule has 0 spiro atoms. The molecule has 0 aromatic carbocycles. The van der Waals surface area contributed by atoms with E-state index >= 15 is 0 Å².